The van der Waals surface area contributed by atoms with Gasteiger partial charge in [-0.3, -0.25) is 4.79 Å². The number of fused-ring (bicyclic) bond motifs is 1. The van der Waals surface area contributed by atoms with Gasteiger partial charge in [-0.15, -0.1) is 0 Å². The first-order chi connectivity index (χ1) is 15.3. The maximum atomic E-state index is 12.8. The van der Waals surface area contributed by atoms with Crippen LogP contribution in [-0.2, 0) is 4.79 Å². The largest absolute Gasteiger partial charge is 0.338 e. The maximum absolute atomic E-state index is 12.8. The molecular weight excluding hydrogens is 412 g/mol. The van der Waals surface area contributed by atoms with Crippen molar-refractivity contribution >= 4 is 34.7 Å². The summed E-state index contributed by atoms with van der Waals surface area (Å²) in [6.07, 6.45) is 6.75. The Kier molecular flexibility index (Phi) is 5.44. The second kappa shape index (κ2) is 8.68. The Bertz CT molecular complexity index is 1180. The van der Waals surface area contributed by atoms with Gasteiger partial charge in [0.25, 0.3) is 0 Å². The van der Waals surface area contributed by atoms with Gasteiger partial charge >= 0.3 is 0 Å². The lowest BCUT2D eigenvalue weighted by atomic mass is 10.3. The van der Waals surface area contributed by atoms with Crippen LogP contribution in [0.5, 0.6) is 0 Å². The molecule has 5 rings (SSSR count). The van der Waals surface area contributed by atoms with Gasteiger partial charge in [0.1, 0.15) is 11.4 Å². The minimum Gasteiger partial charge on any atom is -0.338 e. The van der Waals surface area contributed by atoms with Gasteiger partial charge in [-0.2, -0.15) is 5.10 Å². The lowest BCUT2D eigenvalue weighted by Gasteiger charge is -2.34. The summed E-state index contributed by atoms with van der Waals surface area (Å²) in [4.78, 5) is 34.1. The van der Waals surface area contributed by atoms with Crippen molar-refractivity contribution in [3.05, 3.63) is 61.3 Å². The van der Waals surface area contributed by atoms with E-state index in [1.807, 2.05) is 35.2 Å². The molecule has 0 unspecified atom stereocenters. The molecule has 10 heteroatoms. The number of thioether (sulfide) groups is 1. The third-order valence-electron chi connectivity index (χ3n) is 5.13. The zero-order valence-corrected chi connectivity index (χ0v) is 17.5. The van der Waals surface area contributed by atoms with Crippen molar-refractivity contribution in [2.45, 2.75) is 5.03 Å². The van der Waals surface area contributed by atoms with Crippen LogP contribution in [0.3, 0.4) is 0 Å². The number of hydrogen-bond donors (Lipinski definition) is 0. The molecule has 156 valence electrons. The fourth-order valence-electron chi connectivity index (χ4n) is 3.53. The average Bonchev–Trinajstić information content (AvgIpc) is 3.29. The highest BCUT2D eigenvalue weighted by atomic mass is 32.2. The van der Waals surface area contributed by atoms with Gasteiger partial charge in [0.15, 0.2) is 5.65 Å². The number of rotatable bonds is 5. The topological polar surface area (TPSA) is 92.9 Å². The van der Waals surface area contributed by atoms with Crippen LogP contribution < -0.4 is 4.90 Å². The number of carbonyl (C=O) groups is 1. The Morgan fingerprint density at radius 2 is 1.71 bits per heavy atom. The van der Waals surface area contributed by atoms with Crippen LogP contribution in [0.15, 0.2) is 66.3 Å². The quantitative estimate of drug-likeness (QED) is 0.349. The summed E-state index contributed by atoms with van der Waals surface area (Å²) < 4.78 is 1.79. The predicted octanol–water partition coefficient (Wildman–Crippen LogP) is 2.05. The van der Waals surface area contributed by atoms with Gasteiger partial charge in [0.05, 0.1) is 23.0 Å². The van der Waals surface area contributed by atoms with E-state index in [1.165, 1.54) is 18.1 Å². The standard InChI is InChI=1S/C21H20N8OS/c30-18(27-9-11-28(12-10-27)21-22-7-4-8-23-21)14-31-20-17-13-26-29(19(17)24-15-25-20)16-5-2-1-3-6-16/h1-8,13,15H,9-12,14H2. The van der Waals surface area contributed by atoms with Gasteiger partial charge in [0.2, 0.25) is 11.9 Å². The van der Waals surface area contributed by atoms with E-state index in [0.717, 1.165) is 34.8 Å². The highest BCUT2D eigenvalue weighted by Gasteiger charge is 2.23. The van der Waals surface area contributed by atoms with E-state index in [2.05, 4.69) is 29.9 Å². The molecule has 0 spiro atoms. The molecule has 0 saturated carbocycles. The van der Waals surface area contributed by atoms with Crippen LogP contribution in [0.25, 0.3) is 16.7 Å². The number of nitrogens with zero attached hydrogens (tertiary/aromatic N) is 8. The van der Waals surface area contributed by atoms with Crippen LogP contribution in [0.2, 0.25) is 0 Å². The van der Waals surface area contributed by atoms with Crippen LogP contribution in [-0.4, -0.2) is 72.5 Å². The minimum absolute atomic E-state index is 0.0980. The van der Waals surface area contributed by atoms with Gasteiger partial charge < -0.3 is 9.80 Å². The molecule has 4 aromatic rings. The number of anilines is 1. The number of piperazine rings is 1. The summed E-state index contributed by atoms with van der Waals surface area (Å²) in [5.74, 6) is 1.13. The minimum atomic E-state index is 0.0980. The Labute approximate surface area is 183 Å². The number of para-hydroxylation sites is 1. The van der Waals surface area contributed by atoms with Crippen molar-refractivity contribution in [1.82, 2.24) is 34.6 Å². The molecule has 3 aromatic heterocycles. The van der Waals surface area contributed by atoms with E-state index in [1.54, 1.807) is 29.3 Å². The van der Waals surface area contributed by atoms with E-state index in [4.69, 9.17) is 0 Å². The van der Waals surface area contributed by atoms with Crippen molar-refractivity contribution in [3.63, 3.8) is 0 Å². The molecule has 1 aromatic carbocycles. The van der Waals surface area contributed by atoms with E-state index in [9.17, 15) is 4.79 Å². The van der Waals surface area contributed by atoms with Crippen molar-refractivity contribution < 1.29 is 4.79 Å². The average molecular weight is 433 g/mol. The van der Waals surface area contributed by atoms with E-state index < -0.39 is 0 Å². The molecule has 1 saturated heterocycles. The van der Waals surface area contributed by atoms with Gasteiger partial charge in [-0.05, 0) is 18.2 Å². The van der Waals surface area contributed by atoms with E-state index >= 15 is 0 Å². The van der Waals surface area contributed by atoms with Crippen LogP contribution >= 0.6 is 11.8 Å². The molecule has 1 aliphatic heterocycles. The number of amides is 1. The number of benzene rings is 1. The zero-order chi connectivity index (χ0) is 21.0. The third-order valence-corrected chi connectivity index (χ3v) is 6.12. The zero-order valence-electron chi connectivity index (χ0n) is 16.7. The maximum Gasteiger partial charge on any atom is 0.233 e. The molecule has 1 amide bonds. The van der Waals surface area contributed by atoms with Gasteiger partial charge in [0, 0.05) is 38.6 Å². The molecule has 31 heavy (non-hydrogen) atoms. The Morgan fingerprint density at radius 1 is 0.935 bits per heavy atom. The SMILES string of the molecule is O=C(CSc1ncnc2c1cnn2-c1ccccc1)N1CCN(c2ncccn2)CC1. The number of hydrogen-bond acceptors (Lipinski definition) is 8. The molecule has 0 aliphatic carbocycles. The molecule has 9 nitrogen and oxygen atoms in total. The molecule has 1 fully saturated rings. The van der Waals surface area contributed by atoms with Crippen LogP contribution in [0.1, 0.15) is 0 Å². The van der Waals surface area contributed by atoms with E-state index in [-0.39, 0.29) is 5.91 Å². The van der Waals surface area contributed by atoms with Gasteiger partial charge in [-0.25, -0.2) is 24.6 Å². The molecule has 0 radical (unpaired) electrons. The van der Waals surface area contributed by atoms with Gasteiger partial charge in [-0.1, -0.05) is 30.0 Å². The fraction of sp³-hybridized carbons (Fsp3) is 0.238. The summed E-state index contributed by atoms with van der Waals surface area (Å²) in [7, 11) is 0. The molecule has 4 heterocycles. The van der Waals surface area contributed by atoms with Crippen LogP contribution in [0.4, 0.5) is 5.95 Å². The van der Waals surface area contributed by atoms with Crippen molar-refractivity contribution in [2.75, 3.05) is 36.8 Å². The first-order valence-corrected chi connectivity index (χ1v) is 10.9. The summed E-state index contributed by atoms with van der Waals surface area (Å²) in [6.45, 7) is 2.76. The monoisotopic (exact) mass is 432 g/mol. The van der Waals surface area contributed by atoms with Crippen molar-refractivity contribution in [1.29, 1.82) is 0 Å². The second-order valence-electron chi connectivity index (χ2n) is 7.01. The fourth-order valence-corrected chi connectivity index (χ4v) is 4.39. The lowest BCUT2D eigenvalue weighted by Crippen LogP contribution is -2.49. The number of carbonyl (C=O) groups excluding carboxylic acids is 1. The molecule has 0 atom stereocenters. The highest BCUT2D eigenvalue weighted by molar-refractivity contribution is 8.00. The first kappa shape index (κ1) is 19.4. The van der Waals surface area contributed by atoms with Crippen molar-refractivity contribution in [3.8, 4) is 5.69 Å². The Balaban J connectivity index is 1.23. The summed E-state index contributed by atoms with van der Waals surface area (Å²) >= 11 is 1.42. The smallest absolute Gasteiger partial charge is 0.233 e. The normalized spacial score (nSPS) is 14.2. The number of aromatic nitrogens is 6. The first-order valence-electron chi connectivity index (χ1n) is 9.96. The molecule has 1 aliphatic rings. The molecular formula is C21H20N8OS. The summed E-state index contributed by atoms with van der Waals surface area (Å²) in [5, 5.41) is 6.07. The third kappa shape index (κ3) is 4.06. The second-order valence-corrected chi connectivity index (χ2v) is 7.98. The predicted molar refractivity (Wildman–Crippen MR) is 118 cm³/mol. The molecule has 0 N–H and O–H groups in total. The summed E-state index contributed by atoms with van der Waals surface area (Å²) in [5.41, 5.74) is 1.66. The van der Waals surface area contributed by atoms with E-state index in [0.29, 0.717) is 24.8 Å². The Morgan fingerprint density at radius 3 is 2.48 bits per heavy atom. The summed E-state index contributed by atoms with van der Waals surface area (Å²) in [6, 6.07) is 11.6. The lowest BCUT2D eigenvalue weighted by molar-refractivity contribution is -0.128. The molecule has 0 bridgehead atoms. The Hall–Kier alpha value is -3.53. The highest BCUT2D eigenvalue weighted by Crippen LogP contribution is 2.26. The van der Waals surface area contributed by atoms with Crippen LogP contribution in [0, 0.1) is 0 Å². The van der Waals surface area contributed by atoms with Crippen molar-refractivity contribution in [2.24, 2.45) is 0 Å².